The van der Waals surface area contributed by atoms with E-state index in [0.717, 1.165) is 22.2 Å². The second-order valence-electron chi connectivity index (χ2n) is 4.65. The van der Waals surface area contributed by atoms with Crippen molar-refractivity contribution in [1.82, 2.24) is 15.6 Å². The lowest BCUT2D eigenvalue weighted by atomic mass is 10.1. The molecule has 6 heteroatoms. The van der Waals surface area contributed by atoms with Crippen LogP contribution in [0.4, 0.5) is 0 Å². The normalized spacial score (nSPS) is 11.9. The molecule has 1 atom stereocenters. The second kappa shape index (κ2) is 6.77. The highest BCUT2D eigenvalue weighted by molar-refractivity contribution is 5.85. The van der Waals surface area contributed by atoms with Crippen LogP contribution in [0.2, 0.25) is 0 Å². The molecule has 110 valence electrons. The van der Waals surface area contributed by atoms with Crippen molar-refractivity contribution in [1.29, 1.82) is 5.26 Å². The summed E-state index contributed by atoms with van der Waals surface area (Å²) in [6.07, 6.45) is 1.82. The molecule has 21 heavy (non-hydrogen) atoms. The Labute approximate surface area is 123 Å². The molecule has 2 aromatic rings. The highest BCUT2D eigenvalue weighted by Gasteiger charge is 2.15. The summed E-state index contributed by atoms with van der Waals surface area (Å²) in [5.41, 5.74) is 1.82. The van der Waals surface area contributed by atoms with Crippen molar-refractivity contribution >= 4 is 16.8 Å². The fraction of sp³-hybridized carbons (Fsp3) is 0.333. The van der Waals surface area contributed by atoms with Crippen molar-refractivity contribution in [2.24, 2.45) is 0 Å². The third-order valence-corrected chi connectivity index (χ3v) is 3.21. The smallest absolute Gasteiger partial charge is 0.216 e. The number of nitrogens with zero attached hydrogens (tertiary/aromatic N) is 1. The first-order chi connectivity index (χ1) is 10.2. The van der Waals surface area contributed by atoms with E-state index in [1.807, 2.05) is 24.4 Å². The van der Waals surface area contributed by atoms with Crippen molar-refractivity contribution in [3.8, 4) is 11.8 Å². The van der Waals surface area contributed by atoms with Crippen LogP contribution in [-0.2, 0) is 4.79 Å². The number of nitrogens with one attached hydrogen (secondary N) is 3. The van der Waals surface area contributed by atoms with Gasteiger partial charge in [-0.25, -0.2) is 0 Å². The summed E-state index contributed by atoms with van der Waals surface area (Å²) in [6, 6.07) is 7.49. The maximum atomic E-state index is 10.8. The van der Waals surface area contributed by atoms with E-state index in [2.05, 4.69) is 21.7 Å². The fourth-order valence-electron chi connectivity index (χ4n) is 2.17. The lowest BCUT2D eigenvalue weighted by Crippen LogP contribution is -2.31. The molecule has 0 aliphatic heterocycles. The first-order valence-corrected chi connectivity index (χ1v) is 6.68. The molecule has 6 nitrogen and oxygen atoms in total. The molecule has 0 aliphatic carbocycles. The van der Waals surface area contributed by atoms with Crippen LogP contribution in [0.15, 0.2) is 24.4 Å². The number of aromatic nitrogens is 1. The third-order valence-electron chi connectivity index (χ3n) is 3.21. The summed E-state index contributed by atoms with van der Waals surface area (Å²) in [4.78, 5) is 14.0. The first kappa shape index (κ1) is 14.9. The van der Waals surface area contributed by atoms with Crippen molar-refractivity contribution in [3.05, 3.63) is 30.0 Å². The molecule has 1 aromatic carbocycles. The van der Waals surface area contributed by atoms with E-state index in [1.54, 1.807) is 7.11 Å². The Bertz CT molecular complexity index is 672. The van der Waals surface area contributed by atoms with Gasteiger partial charge in [0.1, 0.15) is 11.8 Å². The number of aromatic amines is 1. The molecule has 1 amide bonds. The molecule has 0 saturated carbocycles. The van der Waals surface area contributed by atoms with Crippen molar-refractivity contribution in [2.75, 3.05) is 20.2 Å². The summed E-state index contributed by atoms with van der Waals surface area (Å²) in [5, 5.41) is 16.1. The molecule has 0 spiro atoms. The Morgan fingerprint density at radius 1 is 1.48 bits per heavy atom. The number of methoxy groups -OCH3 is 1. The molecule has 0 bridgehead atoms. The van der Waals surface area contributed by atoms with Crippen LogP contribution in [0.25, 0.3) is 10.9 Å². The number of benzene rings is 1. The number of rotatable bonds is 6. The van der Waals surface area contributed by atoms with Gasteiger partial charge in [-0.15, -0.1) is 0 Å². The van der Waals surface area contributed by atoms with Gasteiger partial charge in [0.05, 0.1) is 13.2 Å². The van der Waals surface area contributed by atoms with E-state index in [9.17, 15) is 10.1 Å². The van der Waals surface area contributed by atoms with Gasteiger partial charge in [-0.3, -0.25) is 10.1 Å². The maximum Gasteiger partial charge on any atom is 0.216 e. The first-order valence-electron chi connectivity index (χ1n) is 6.68. The fourth-order valence-corrected chi connectivity index (χ4v) is 2.17. The Morgan fingerprint density at radius 3 is 2.95 bits per heavy atom. The Morgan fingerprint density at radius 2 is 2.29 bits per heavy atom. The summed E-state index contributed by atoms with van der Waals surface area (Å²) < 4.78 is 5.22. The van der Waals surface area contributed by atoms with E-state index >= 15 is 0 Å². The highest BCUT2D eigenvalue weighted by atomic mass is 16.5. The SMILES string of the molecule is COc1ccc2[nH]cc(C(C#N)NCCNC(C)=O)c2c1. The van der Waals surface area contributed by atoms with Crippen LogP contribution >= 0.6 is 0 Å². The topological polar surface area (TPSA) is 89.9 Å². The number of nitriles is 1. The Kier molecular flexibility index (Phi) is 4.80. The van der Waals surface area contributed by atoms with Gasteiger partial charge >= 0.3 is 0 Å². The lowest BCUT2D eigenvalue weighted by molar-refractivity contribution is -0.118. The lowest BCUT2D eigenvalue weighted by Gasteiger charge is -2.11. The number of amides is 1. The summed E-state index contributed by atoms with van der Waals surface area (Å²) in [5.74, 6) is 0.667. The number of carbonyl (C=O) groups excluding carboxylic acids is 1. The zero-order chi connectivity index (χ0) is 15.2. The van der Waals surface area contributed by atoms with E-state index in [1.165, 1.54) is 6.92 Å². The van der Waals surface area contributed by atoms with Gasteiger partial charge in [-0.1, -0.05) is 0 Å². The Hall–Kier alpha value is -2.52. The molecule has 3 N–H and O–H groups in total. The highest BCUT2D eigenvalue weighted by Crippen LogP contribution is 2.27. The van der Waals surface area contributed by atoms with Gasteiger partial charge < -0.3 is 15.0 Å². The van der Waals surface area contributed by atoms with E-state index in [0.29, 0.717) is 13.1 Å². The maximum absolute atomic E-state index is 10.8. The molecule has 1 aromatic heterocycles. The minimum Gasteiger partial charge on any atom is -0.497 e. The number of H-pyrrole nitrogens is 1. The summed E-state index contributed by atoms with van der Waals surface area (Å²) in [6.45, 7) is 2.47. The van der Waals surface area contributed by atoms with Crippen molar-refractivity contribution in [2.45, 2.75) is 13.0 Å². The van der Waals surface area contributed by atoms with E-state index in [4.69, 9.17) is 4.74 Å². The standard InChI is InChI=1S/C15H18N4O2/c1-10(20)17-5-6-18-15(8-16)13-9-19-14-4-3-11(21-2)7-12(13)14/h3-4,7,9,15,18-19H,5-6H2,1-2H3,(H,17,20). The minimum atomic E-state index is -0.445. The predicted molar refractivity (Wildman–Crippen MR) is 79.9 cm³/mol. The van der Waals surface area contributed by atoms with Crippen LogP contribution in [-0.4, -0.2) is 31.1 Å². The van der Waals surface area contributed by atoms with Gasteiger partial charge in [0.25, 0.3) is 0 Å². The second-order valence-corrected chi connectivity index (χ2v) is 4.65. The van der Waals surface area contributed by atoms with Gasteiger partial charge in [0.15, 0.2) is 0 Å². The zero-order valence-electron chi connectivity index (χ0n) is 12.1. The molecular formula is C15H18N4O2. The van der Waals surface area contributed by atoms with Gasteiger partial charge in [-0.05, 0) is 18.2 Å². The summed E-state index contributed by atoms with van der Waals surface area (Å²) >= 11 is 0. The van der Waals surface area contributed by atoms with Gasteiger partial charge in [-0.2, -0.15) is 5.26 Å². The van der Waals surface area contributed by atoms with Crippen LogP contribution in [0.3, 0.4) is 0 Å². The molecular weight excluding hydrogens is 268 g/mol. The van der Waals surface area contributed by atoms with Crippen LogP contribution < -0.4 is 15.4 Å². The molecule has 1 heterocycles. The average Bonchev–Trinajstić information content (AvgIpc) is 2.90. The molecule has 0 aliphatic rings. The number of hydrogen-bond donors (Lipinski definition) is 3. The van der Waals surface area contributed by atoms with Crippen molar-refractivity contribution in [3.63, 3.8) is 0 Å². The largest absolute Gasteiger partial charge is 0.497 e. The number of hydrogen-bond acceptors (Lipinski definition) is 4. The summed E-state index contributed by atoms with van der Waals surface area (Å²) in [7, 11) is 1.61. The van der Waals surface area contributed by atoms with Crippen LogP contribution in [0.5, 0.6) is 5.75 Å². The molecule has 1 unspecified atom stereocenters. The molecule has 0 fully saturated rings. The number of carbonyl (C=O) groups is 1. The quantitative estimate of drug-likeness (QED) is 0.701. The molecule has 0 saturated heterocycles. The average molecular weight is 286 g/mol. The van der Waals surface area contributed by atoms with E-state index in [-0.39, 0.29) is 5.91 Å². The predicted octanol–water partition coefficient (Wildman–Crippen LogP) is 1.47. The third kappa shape index (κ3) is 3.52. The molecule has 2 rings (SSSR count). The van der Waals surface area contributed by atoms with Gasteiger partial charge in [0.2, 0.25) is 5.91 Å². The number of ether oxygens (including phenoxy) is 1. The number of fused-ring (bicyclic) bond motifs is 1. The van der Waals surface area contributed by atoms with Crippen LogP contribution in [0.1, 0.15) is 18.5 Å². The molecule has 0 radical (unpaired) electrons. The minimum absolute atomic E-state index is 0.0814. The van der Waals surface area contributed by atoms with Gasteiger partial charge in [0, 0.05) is 42.7 Å². The van der Waals surface area contributed by atoms with E-state index < -0.39 is 6.04 Å². The van der Waals surface area contributed by atoms with Crippen LogP contribution in [0, 0.1) is 11.3 Å². The zero-order valence-corrected chi connectivity index (χ0v) is 12.1. The Balaban J connectivity index is 2.14. The van der Waals surface area contributed by atoms with Crippen molar-refractivity contribution < 1.29 is 9.53 Å². The monoisotopic (exact) mass is 286 g/mol.